The molecule has 2 aromatic rings. The number of H-pyrrole nitrogens is 1. The highest BCUT2D eigenvalue weighted by Crippen LogP contribution is 2.24. The predicted molar refractivity (Wildman–Crippen MR) is 83.0 cm³/mol. The van der Waals surface area contributed by atoms with Crippen molar-refractivity contribution >= 4 is 11.5 Å². The molecule has 1 aromatic heterocycles. The molecule has 21 heavy (non-hydrogen) atoms. The molecule has 1 aliphatic heterocycles. The van der Waals surface area contributed by atoms with Crippen molar-refractivity contribution in [2.45, 2.75) is 13.8 Å². The van der Waals surface area contributed by atoms with E-state index >= 15 is 0 Å². The molecule has 3 rings (SSSR count). The number of nitrogens with one attached hydrogen (secondary N) is 1. The summed E-state index contributed by atoms with van der Waals surface area (Å²) >= 11 is 0. The minimum atomic E-state index is -0.399. The van der Waals surface area contributed by atoms with Gasteiger partial charge in [-0.15, -0.1) is 0 Å². The number of anilines is 2. The summed E-state index contributed by atoms with van der Waals surface area (Å²) in [5.74, 6) is 0.652. The molecule has 0 bridgehead atoms. The van der Waals surface area contributed by atoms with Gasteiger partial charge in [0.05, 0.1) is 6.20 Å². The standard InChI is InChI=1S/C15H19N5O/c1-11-4-3-5-13(12(11)2)19-6-8-20(9-7-19)14-10-16-18-15(21)17-14/h3-5,10H,6-9H2,1-2H3,(H,17,18,21). The zero-order chi connectivity index (χ0) is 14.8. The Morgan fingerprint density at radius 2 is 1.81 bits per heavy atom. The first kappa shape index (κ1) is 13.6. The molecule has 6 nitrogen and oxygen atoms in total. The van der Waals surface area contributed by atoms with Gasteiger partial charge in [-0.25, -0.2) is 9.89 Å². The molecule has 0 atom stereocenters. The maximum Gasteiger partial charge on any atom is 0.363 e. The number of aryl methyl sites for hydroxylation is 1. The highest BCUT2D eigenvalue weighted by Gasteiger charge is 2.20. The maximum absolute atomic E-state index is 11.2. The van der Waals surface area contributed by atoms with E-state index in [1.165, 1.54) is 16.8 Å². The predicted octanol–water partition coefficient (Wildman–Crippen LogP) is 1.11. The number of piperazine rings is 1. The minimum Gasteiger partial charge on any atom is -0.368 e. The summed E-state index contributed by atoms with van der Waals surface area (Å²) in [6, 6.07) is 6.41. The van der Waals surface area contributed by atoms with E-state index in [0.717, 1.165) is 26.2 Å². The Balaban J connectivity index is 1.73. The number of hydrogen-bond acceptors (Lipinski definition) is 5. The lowest BCUT2D eigenvalue weighted by atomic mass is 10.1. The maximum atomic E-state index is 11.2. The lowest BCUT2D eigenvalue weighted by Crippen LogP contribution is -2.47. The van der Waals surface area contributed by atoms with Crippen molar-refractivity contribution in [1.29, 1.82) is 0 Å². The normalized spacial score (nSPS) is 15.3. The van der Waals surface area contributed by atoms with Gasteiger partial charge in [-0.1, -0.05) is 12.1 Å². The van der Waals surface area contributed by atoms with Crippen LogP contribution in [0.5, 0.6) is 0 Å². The third-order valence-corrected chi connectivity index (χ3v) is 4.08. The Bertz CT molecular complexity index is 688. The molecule has 0 unspecified atom stereocenters. The molecule has 1 aliphatic rings. The van der Waals surface area contributed by atoms with E-state index < -0.39 is 5.69 Å². The summed E-state index contributed by atoms with van der Waals surface area (Å²) in [6.07, 6.45) is 1.61. The Labute approximate surface area is 123 Å². The summed E-state index contributed by atoms with van der Waals surface area (Å²) < 4.78 is 0. The van der Waals surface area contributed by atoms with Crippen LogP contribution >= 0.6 is 0 Å². The fourth-order valence-electron chi connectivity index (χ4n) is 2.71. The van der Waals surface area contributed by atoms with Gasteiger partial charge in [0.25, 0.3) is 0 Å². The summed E-state index contributed by atoms with van der Waals surface area (Å²) in [4.78, 5) is 19.7. The van der Waals surface area contributed by atoms with E-state index in [1.54, 1.807) is 6.20 Å². The van der Waals surface area contributed by atoms with Crippen LogP contribution in [0.15, 0.2) is 29.2 Å². The van der Waals surface area contributed by atoms with Crippen molar-refractivity contribution in [3.63, 3.8) is 0 Å². The molecule has 0 aliphatic carbocycles. The van der Waals surface area contributed by atoms with Crippen LogP contribution in [0.2, 0.25) is 0 Å². The summed E-state index contributed by atoms with van der Waals surface area (Å²) in [5, 5.41) is 6.11. The molecular weight excluding hydrogens is 266 g/mol. The highest BCUT2D eigenvalue weighted by molar-refractivity contribution is 5.57. The van der Waals surface area contributed by atoms with E-state index in [4.69, 9.17) is 0 Å². The average Bonchev–Trinajstić information content (AvgIpc) is 2.50. The molecule has 1 aromatic carbocycles. The van der Waals surface area contributed by atoms with Gasteiger partial charge in [-0.2, -0.15) is 10.1 Å². The van der Waals surface area contributed by atoms with Crippen LogP contribution in [0.25, 0.3) is 0 Å². The Morgan fingerprint density at radius 3 is 2.52 bits per heavy atom. The smallest absolute Gasteiger partial charge is 0.363 e. The highest BCUT2D eigenvalue weighted by atomic mass is 16.1. The van der Waals surface area contributed by atoms with E-state index in [0.29, 0.717) is 5.82 Å². The second-order valence-corrected chi connectivity index (χ2v) is 5.34. The first-order valence-corrected chi connectivity index (χ1v) is 7.13. The van der Waals surface area contributed by atoms with Crippen LogP contribution in [0.4, 0.5) is 11.5 Å². The van der Waals surface area contributed by atoms with Crippen molar-refractivity contribution < 1.29 is 0 Å². The molecule has 0 radical (unpaired) electrons. The number of hydrogen-bond donors (Lipinski definition) is 1. The first-order valence-electron chi connectivity index (χ1n) is 7.13. The third-order valence-electron chi connectivity index (χ3n) is 4.08. The molecule has 1 saturated heterocycles. The molecule has 1 fully saturated rings. The van der Waals surface area contributed by atoms with E-state index in [1.807, 2.05) is 0 Å². The van der Waals surface area contributed by atoms with Crippen LogP contribution in [0.1, 0.15) is 11.1 Å². The fourth-order valence-corrected chi connectivity index (χ4v) is 2.71. The van der Waals surface area contributed by atoms with Crippen LogP contribution in [0, 0.1) is 13.8 Å². The number of rotatable bonds is 2. The summed E-state index contributed by atoms with van der Waals surface area (Å²) in [7, 11) is 0. The van der Waals surface area contributed by atoms with E-state index in [2.05, 4.69) is 57.0 Å². The molecule has 0 amide bonds. The molecular formula is C15H19N5O. The molecule has 110 valence electrons. The molecule has 0 saturated carbocycles. The molecule has 1 N–H and O–H groups in total. The molecule has 0 spiro atoms. The van der Waals surface area contributed by atoms with Crippen molar-refractivity contribution in [3.8, 4) is 0 Å². The quantitative estimate of drug-likeness (QED) is 0.895. The SMILES string of the molecule is Cc1cccc(N2CCN(c3cn[nH]c(=O)n3)CC2)c1C. The molecule has 6 heteroatoms. The van der Waals surface area contributed by atoms with Crippen LogP contribution in [-0.2, 0) is 0 Å². The van der Waals surface area contributed by atoms with Crippen LogP contribution in [0.3, 0.4) is 0 Å². The Kier molecular flexibility index (Phi) is 3.60. The fraction of sp³-hybridized carbons (Fsp3) is 0.400. The molecule has 2 heterocycles. The van der Waals surface area contributed by atoms with E-state index in [9.17, 15) is 4.79 Å². The second kappa shape index (κ2) is 5.55. The van der Waals surface area contributed by atoms with Gasteiger partial charge in [0.1, 0.15) is 0 Å². The monoisotopic (exact) mass is 285 g/mol. The summed E-state index contributed by atoms with van der Waals surface area (Å²) in [5.41, 5.74) is 3.55. The average molecular weight is 285 g/mol. The van der Waals surface area contributed by atoms with Gasteiger partial charge in [-0.05, 0) is 31.0 Å². The van der Waals surface area contributed by atoms with Gasteiger partial charge in [0.2, 0.25) is 0 Å². The van der Waals surface area contributed by atoms with Crippen molar-refractivity contribution in [1.82, 2.24) is 15.2 Å². The van der Waals surface area contributed by atoms with Gasteiger partial charge < -0.3 is 9.80 Å². The number of aromatic nitrogens is 3. The zero-order valence-corrected chi connectivity index (χ0v) is 12.3. The van der Waals surface area contributed by atoms with Gasteiger partial charge in [0.15, 0.2) is 5.82 Å². The first-order chi connectivity index (χ1) is 10.1. The lowest BCUT2D eigenvalue weighted by Gasteiger charge is -2.37. The third kappa shape index (κ3) is 2.74. The second-order valence-electron chi connectivity index (χ2n) is 5.34. The topological polar surface area (TPSA) is 65.1 Å². The number of aromatic amines is 1. The minimum absolute atomic E-state index is 0.399. The van der Waals surface area contributed by atoms with Crippen molar-refractivity contribution in [2.24, 2.45) is 0 Å². The Hall–Kier alpha value is -2.37. The number of nitrogens with zero attached hydrogens (tertiary/aromatic N) is 4. The van der Waals surface area contributed by atoms with E-state index in [-0.39, 0.29) is 0 Å². The largest absolute Gasteiger partial charge is 0.368 e. The van der Waals surface area contributed by atoms with Crippen molar-refractivity contribution in [3.05, 3.63) is 46.0 Å². The lowest BCUT2D eigenvalue weighted by molar-refractivity contribution is 0.641. The van der Waals surface area contributed by atoms with Crippen molar-refractivity contribution in [2.75, 3.05) is 36.0 Å². The van der Waals surface area contributed by atoms with Gasteiger partial charge in [-0.3, -0.25) is 0 Å². The van der Waals surface area contributed by atoms with Gasteiger partial charge >= 0.3 is 5.69 Å². The van der Waals surface area contributed by atoms with Gasteiger partial charge in [0, 0.05) is 31.9 Å². The number of benzene rings is 1. The zero-order valence-electron chi connectivity index (χ0n) is 12.3. The van der Waals surface area contributed by atoms with Crippen LogP contribution in [-0.4, -0.2) is 41.4 Å². The summed E-state index contributed by atoms with van der Waals surface area (Å²) in [6.45, 7) is 7.81. The Morgan fingerprint density at radius 1 is 1.10 bits per heavy atom. The van der Waals surface area contributed by atoms with Crippen LogP contribution < -0.4 is 15.5 Å².